The molecule has 0 bridgehead atoms. The summed E-state index contributed by atoms with van der Waals surface area (Å²) in [6.07, 6.45) is 5.88. The highest BCUT2D eigenvalue weighted by Crippen LogP contribution is 2.39. The number of amides is 1. The molecule has 4 aromatic rings. The molecule has 1 aromatic carbocycles. The molecule has 1 aliphatic rings. The number of anilines is 2. The van der Waals surface area contributed by atoms with Gasteiger partial charge in [0.05, 0.1) is 28.5 Å². The van der Waals surface area contributed by atoms with Crippen LogP contribution in [0, 0.1) is 0 Å². The van der Waals surface area contributed by atoms with Gasteiger partial charge in [0.25, 0.3) is 5.91 Å². The molecule has 5 rings (SSSR count). The SMILES string of the molecule is CC(NC(=O)c1c(N)nn2cccnc12)c1cc(Cl)c2cn[nH]c2c1N1CCC(N)C1. The van der Waals surface area contributed by atoms with Crippen molar-refractivity contribution in [1.82, 2.24) is 30.1 Å². The number of H-pyrrole nitrogens is 1. The van der Waals surface area contributed by atoms with Crippen molar-refractivity contribution >= 4 is 45.6 Å². The number of nitrogens with zero attached hydrogens (tertiary/aromatic N) is 5. The summed E-state index contributed by atoms with van der Waals surface area (Å²) in [5.41, 5.74) is 15.5. The van der Waals surface area contributed by atoms with E-state index in [-0.39, 0.29) is 29.4 Å². The predicted octanol–water partition coefficient (Wildman–Crippen LogP) is 1.87. The predicted molar refractivity (Wildman–Crippen MR) is 119 cm³/mol. The smallest absolute Gasteiger partial charge is 0.259 e. The number of hydrogen-bond acceptors (Lipinski definition) is 7. The average Bonchev–Trinajstić information content (AvgIpc) is 3.45. The molecule has 2 atom stereocenters. The minimum Gasteiger partial charge on any atom is -0.381 e. The summed E-state index contributed by atoms with van der Waals surface area (Å²) >= 11 is 6.54. The van der Waals surface area contributed by atoms with Gasteiger partial charge in [0, 0.05) is 42.5 Å². The number of halogens is 1. The summed E-state index contributed by atoms with van der Waals surface area (Å²) in [7, 11) is 0. The third-order valence-electron chi connectivity index (χ3n) is 5.69. The first-order valence-corrected chi connectivity index (χ1v) is 10.4. The van der Waals surface area contributed by atoms with Crippen LogP contribution in [0.1, 0.15) is 35.3 Å². The van der Waals surface area contributed by atoms with Crippen LogP contribution in [-0.4, -0.2) is 49.8 Å². The van der Waals surface area contributed by atoms with Crippen molar-refractivity contribution < 1.29 is 4.79 Å². The second-order valence-corrected chi connectivity index (χ2v) is 8.20. The Morgan fingerprint density at radius 3 is 3.06 bits per heavy atom. The van der Waals surface area contributed by atoms with Crippen LogP contribution in [0.25, 0.3) is 16.6 Å². The van der Waals surface area contributed by atoms with Crippen molar-refractivity contribution in [1.29, 1.82) is 0 Å². The summed E-state index contributed by atoms with van der Waals surface area (Å²) < 4.78 is 1.49. The molecule has 3 aromatic heterocycles. The first-order chi connectivity index (χ1) is 14.9. The zero-order valence-corrected chi connectivity index (χ0v) is 17.6. The van der Waals surface area contributed by atoms with Gasteiger partial charge in [0.2, 0.25) is 0 Å². The number of carbonyl (C=O) groups is 1. The van der Waals surface area contributed by atoms with Crippen LogP contribution in [0.15, 0.2) is 30.7 Å². The number of nitrogen functional groups attached to an aromatic ring is 1. The fraction of sp³-hybridized carbons (Fsp3) is 0.300. The van der Waals surface area contributed by atoms with Gasteiger partial charge < -0.3 is 21.7 Å². The molecule has 11 heteroatoms. The molecule has 10 nitrogen and oxygen atoms in total. The Morgan fingerprint density at radius 2 is 2.29 bits per heavy atom. The van der Waals surface area contributed by atoms with Gasteiger partial charge in [-0.15, -0.1) is 5.10 Å². The molecule has 31 heavy (non-hydrogen) atoms. The largest absolute Gasteiger partial charge is 0.381 e. The Bertz CT molecular complexity index is 1300. The molecule has 1 amide bonds. The lowest BCUT2D eigenvalue weighted by atomic mass is 10.0. The number of nitrogens with two attached hydrogens (primary N) is 2. The van der Waals surface area contributed by atoms with Crippen molar-refractivity contribution in [2.45, 2.75) is 25.4 Å². The quantitative estimate of drug-likeness (QED) is 0.380. The van der Waals surface area contributed by atoms with Crippen LogP contribution in [0.3, 0.4) is 0 Å². The number of benzene rings is 1. The zero-order chi connectivity index (χ0) is 21.7. The van der Waals surface area contributed by atoms with Gasteiger partial charge in [-0.3, -0.25) is 9.89 Å². The van der Waals surface area contributed by atoms with E-state index in [1.165, 1.54) is 4.52 Å². The minimum atomic E-state index is -0.373. The number of fused-ring (bicyclic) bond motifs is 2. The number of aromatic nitrogens is 5. The van der Waals surface area contributed by atoms with E-state index in [9.17, 15) is 4.79 Å². The van der Waals surface area contributed by atoms with Crippen molar-refractivity contribution in [2.75, 3.05) is 23.7 Å². The molecule has 1 aliphatic heterocycles. The molecule has 0 saturated carbocycles. The fourth-order valence-electron chi connectivity index (χ4n) is 4.20. The van der Waals surface area contributed by atoms with Crippen molar-refractivity contribution in [3.8, 4) is 0 Å². The molecule has 2 unspecified atom stereocenters. The Kier molecular flexibility index (Phi) is 4.67. The molecule has 6 N–H and O–H groups in total. The Balaban J connectivity index is 1.54. The second kappa shape index (κ2) is 7.40. The van der Waals surface area contributed by atoms with Crippen LogP contribution in [0.2, 0.25) is 5.02 Å². The fourth-order valence-corrected chi connectivity index (χ4v) is 4.46. The maximum atomic E-state index is 13.1. The van der Waals surface area contributed by atoms with Crippen LogP contribution in [0.4, 0.5) is 11.5 Å². The van der Waals surface area contributed by atoms with Gasteiger partial charge in [-0.25, -0.2) is 9.50 Å². The monoisotopic (exact) mass is 439 g/mol. The second-order valence-electron chi connectivity index (χ2n) is 7.79. The van der Waals surface area contributed by atoms with Gasteiger partial charge in [-0.05, 0) is 25.5 Å². The van der Waals surface area contributed by atoms with Crippen molar-refractivity contribution in [3.63, 3.8) is 0 Å². The third kappa shape index (κ3) is 3.24. The van der Waals surface area contributed by atoms with Gasteiger partial charge in [0.1, 0.15) is 5.56 Å². The van der Waals surface area contributed by atoms with Crippen molar-refractivity contribution in [3.05, 3.63) is 46.9 Å². The average molecular weight is 440 g/mol. The lowest BCUT2D eigenvalue weighted by Gasteiger charge is -2.26. The molecule has 1 fully saturated rings. The molecule has 160 valence electrons. The van der Waals surface area contributed by atoms with Gasteiger partial charge >= 0.3 is 0 Å². The molecule has 0 spiro atoms. The number of carbonyl (C=O) groups excluding carboxylic acids is 1. The molecule has 0 aliphatic carbocycles. The Labute approximate surface area is 182 Å². The summed E-state index contributed by atoms with van der Waals surface area (Å²) in [6.45, 7) is 3.43. The van der Waals surface area contributed by atoms with Crippen LogP contribution in [-0.2, 0) is 0 Å². The van der Waals surface area contributed by atoms with E-state index >= 15 is 0 Å². The highest BCUT2D eigenvalue weighted by Gasteiger charge is 2.28. The number of nitrogens with one attached hydrogen (secondary N) is 2. The van der Waals surface area contributed by atoms with Gasteiger partial charge in [-0.2, -0.15) is 5.10 Å². The van der Waals surface area contributed by atoms with E-state index in [0.29, 0.717) is 17.2 Å². The normalized spacial score (nSPS) is 17.5. The van der Waals surface area contributed by atoms with E-state index < -0.39 is 0 Å². The van der Waals surface area contributed by atoms with Crippen molar-refractivity contribution in [2.24, 2.45) is 5.73 Å². The summed E-state index contributed by atoms with van der Waals surface area (Å²) in [4.78, 5) is 19.6. The van der Waals surface area contributed by atoms with E-state index in [4.69, 9.17) is 23.1 Å². The van der Waals surface area contributed by atoms with E-state index in [1.54, 1.807) is 24.7 Å². The Morgan fingerprint density at radius 1 is 1.45 bits per heavy atom. The maximum Gasteiger partial charge on any atom is 0.259 e. The van der Waals surface area contributed by atoms with Crippen LogP contribution < -0.4 is 21.7 Å². The first-order valence-electron chi connectivity index (χ1n) is 9.99. The maximum absolute atomic E-state index is 13.1. The zero-order valence-electron chi connectivity index (χ0n) is 16.8. The minimum absolute atomic E-state index is 0.0936. The first kappa shape index (κ1) is 19.6. The lowest BCUT2D eigenvalue weighted by molar-refractivity contribution is 0.0942. The number of rotatable bonds is 4. The molecule has 0 radical (unpaired) electrons. The third-order valence-corrected chi connectivity index (χ3v) is 6.01. The molecular formula is C20H22ClN9O. The van der Waals surface area contributed by atoms with E-state index in [0.717, 1.165) is 35.1 Å². The van der Waals surface area contributed by atoms with Gasteiger partial charge in [-0.1, -0.05) is 11.6 Å². The van der Waals surface area contributed by atoms with Crippen LogP contribution in [0.5, 0.6) is 0 Å². The topological polar surface area (TPSA) is 143 Å². The highest BCUT2D eigenvalue weighted by atomic mass is 35.5. The molecular weight excluding hydrogens is 418 g/mol. The van der Waals surface area contributed by atoms with Gasteiger partial charge in [0.15, 0.2) is 11.5 Å². The highest BCUT2D eigenvalue weighted by molar-refractivity contribution is 6.36. The Hall–Kier alpha value is -3.37. The van der Waals surface area contributed by atoms with E-state index in [2.05, 4.69) is 30.5 Å². The summed E-state index contributed by atoms with van der Waals surface area (Å²) in [5, 5.41) is 15.8. The lowest BCUT2D eigenvalue weighted by Crippen LogP contribution is -2.31. The number of aromatic amines is 1. The molecule has 1 saturated heterocycles. The molecule has 4 heterocycles. The number of hydrogen-bond donors (Lipinski definition) is 4. The summed E-state index contributed by atoms with van der Waals surface area (Å²) in [5.74, 6) is -0.236. The summed E-state index contributed by atoms with van der Waals surface area (Å²) in [6, 6.07) is 3.32. The standard InChI is InChI=1S/C20H22ClN9O/c1-10(26-20(31)15-18(23)28-30-5-2-4-24-19(15)30)12-7-14(21)13-8-25-27-16(13)17(12)29-6-3-11(22)9-29/h2,4-5,7-8,10-11H,3,6,9,22H2,1H3,(H2,23,28)(H,25,27)(H,26,31). The van der Waals surface area contributed by atoms with Crippen LogP contribution >= 0.6 is 11.6 Å². The van der Waals surface area contributed by atoms with E-state index in [1.807, 2.05) is 13.0 Å².